The zero-order valence-electron chi connectivity index (χ0n) is 19.5. The van der Waals surface area contributed by atoms with Crippen LogP contribution in [-0.2, 0) is 25.5 Å². The summed E-state index contributed by atoms with van der Waals surface area (Å²) in [4.78, 5) is 14.9. The Labute approximate surface area is 194 Å². The van der Waals surface area contributed by atoms with Crippen LogP contribution in [0.5, 0.6) is 5.75 Å². The minimum absolute atomic E-state index is 0.158. The Balaban J connectivity index is 1.33. The normalized spacial score (nSPS) is 37.8. The van der Waals surface area contributed by atoms with Crippen molar-refractivity contribution in [3.63, 3.8) is 0 Å². The van der Waals surface area contributed by atoms with Crippen molar-refractivity contribution in [3.05, 3.63) is 29.3 Å². The molecule has 2 bridgehead atoms. The molecule has 1 aromatic rings. The molecule has 3 aliphatic heterocycles. The van der Waals surface area contributed by atoms with Gasteiger partial charge in [-0.1, -0.05) is 12.5 Å². The van der Waals surface area contributed by atoms with Crippen molar-refractivity contribution < 1.29 is 28.5 Å². The molecule has 176 valence electrons. The summed E-state index contributed by atoms with van der Waals surface area (Å²) in [5, 5.41) is 0. The van der Waals surface area contributed by atoms with Gasteiger partial charge in [-0.25, -0.2) is 4.79 Å². The third kappa shape index (κ3) is 3.04. The standard InChI is InChI=1S/C26H31NO6/c1-4-8-26-24(33-23(28)27(26)16-18-11-17(2)12-19(13-18)29-3)14-20-22(21(15-24)31-26)32-25(30-20)9-6-5-7-10-25/h11-13,20-22H,5-7,9-10,14-16H2,1-3H3/t20-,21-,22-,24+,26-/m1/s1. The van der Waals surface area contributed by atoms with Crippen LogP contribution in [0.15, 0.2) is 18.2 Å². The first-order valence-corrected chi connectivity index (χ1v) is 12.0. The van der Waals surface area contributed by atoms with E-state index in [9.17, 15) is 4.79 Å². The third-order valence-corrected chi connectivity index (χ3v) is 7.93. The topological polar surface area (TPSA) is 66.5 Å². The van der Waals surface area contributed by atoms with E-state index in [1.54, 1.807) is 18.9 Å². The van der Waals surface area contributed by atoms with Crippen LogP contribution in [-0.4, -0.2) is 53.5 Å². The largest absolute Gasteiger partial charge is 0.497 e. The van der Waals surface area contributed by atoms with Gasteiger partial charge in [0.05, 0.1) is 25.9 Å². The Bertz CT molecular complexity index is 1040. The molecule has 2 aliphatic carbocycles. The second-order valence-corrected chi connectivity index (χ2v) is 10.1. The minimum Gasteiger partial charge on any atom is -0.497 e. The van der Waals surface area contributed by atoms with Crippen molar-refractivity contribution in [1.82, 2.24) is 4.90 Å². The number of hydrogen-bond acceptors (Lipinski definition) is 6. The lowest BCUT2D eigenvalue weighted by atomic mass is 9.76. The number of hydrogen-bond donors (Lipinski definition) is 0. The van der Waals surface area contributed by atoms with Gasteiger partial charge < -0.3 is 23.7 Å². The summed E-state index contributed by atoms with van der Waals surface area (Å²) in [5.74, 6) is 6.52. The van der Waals surface area contributed by atoms with Gasteiger partial charge in [-0.3, -0.25) is 4.90 Å². The maximum Gasteiger partial charge on any atom is 0.414 e. The summed E-state index contributed by atoms with van der Waals surface area (Å²) in [6.07, 6.45) is 5.44. The molecule has 0 radical (unpaired) electrons. The number of carbonyl (C=O) groups is 1. The van der Waals surface area contributed by atoms with E-state index >= 15 is 0 Å². The number of benzene rings is 1. The van der Waals surface area contributed by atoms with Crippen LogP contribution >= 0.6 is 0 Å². The average molecular weight is 454 g/mol. The van der Waals surface area contributed by atoms with Crippen LogP contribution in [0.25, 0.3) is 0 Å². The zero-order valence-corrected chi connectivity index (χ0v) is 19.5. The van der Waals surface area contributed by atoms with Gasteiger partial charge in [0.2, 0.25) is 0 Å². The number of fused-ring (bicyclic) bond motifs is 3. The summed E-state index contributed by atoms with van der Waals surface area (Å²) in [5.41, 5.74) is -0.0207. The van der Waals surface area contributed by atoms with Gasteiger partial charge in [-0.05, 0) is 55.9 Å². The molecule has 0 N–H and O–H groups in total. The predicted molar refractivity (Wildman–Crippen MR) is 118 cm³/mol. The average Bonchev–Trinajstić information content (AvgIpc) is 3.32. The van der Waals surface area contributed by atoms with Gasteiger partial charge in [-0.2, -0.15) is 0 Å². The summed E-state index contributed by atoms with van der Waals surface area (Å²) in [7, 11) is 1.64. The smallest absolute Gasteiger partial charge is 0.414 e. The Hall–Kier alpha value is -2.27. The molecule has 5 aliphatic rings. The van der Waals surface area contributed by atoms with Crippen LogP contribution in [0.2, 0.25) is 0 Å². The summed E-state index contributed by atoms with van der Waals surface area (Å²) >= 11 is 0. The molecule has 1 amide bonds. The van der Waals surface area contributed by atoms with Crippen molar-refractivity contribution in [3.8, 4) is 17.6 Å². The Morgan fingerprint density at radius 1 is 1.09 bits per heavy atom. The number of amides is 1. The number of ether oxygens (including phenoxy) is 5. The van der Waals surface area contributed by atoms with Crippen molar-refractivity contribution in [2.45, 2.75) is 101 Å². The van der Waals surface area contributed by atoms with E-state index in [2.05, 4.69) is 11.8 Å². The van der Waals surface area contributed by atoms with E-state index in [0.29, 0.717) is 19.4 Å². The number of nitrogens with zero attached hydrogens (tertiary/aromatic N) is 1. The highest BCUT2D eigenvalue weighted by molar-refractivity contribution is 5.74. The monoisotopic (exact) mass is 453 g/mol. The molecule has 0 aromatic heterocycles. The van der Waals surface area contributed by atoms with Gasteiger partial charge >= 0.3 is 6.09 Å². The molecule has 3 saturated heterocycles. The lowest BCUT2D eigenvalue weighted by molar-refractivity contribution is -0.212. The summed E-state index contributed by atoms with van der Waals surface area (Å²) in [6.45, 7) is 4.10. The molecule has 3 heterocycles. The second-order valence-electron chi connectivity index (χ2n) is 10.1. The van der Waals surface area contributed by atoms with Crippen LogP contribution in [0, 0.1) is 18.8 Å². The van der Waals surface area contributed by atoms with E-state index in [4.69, 9.17) is 23.7 Å². The molecule has 7 heteroatoms. The number of rotatable bonds is 3. The number of carbonyl (C=O) groups excluding carboxylic acids is 1. The highest BCUT2D eigenvalue weighted by Gasteiger charge is 2.77. The molecule has 7 nitrogen and oxygen atoms in total. The van der Waals surface area contributed by atoms with Crippen LogP contribution in [0.1, 0.15) is 63.0 Å². The first kappa shape index (κ1) is 21.3. The fraction of sp³-hybridized carbons (Fsp3) is 0.654. The third-order valence-electron chi connectivity index (χ3n) is 7.93. The fourth-order valence-corrected chi connectivity index (χ4v) is 6.64. The van der Waals surface area contributed by atoms with E-state index in [1.807, 2.05) is 25.1 Å². The molecule has 5 atom stereocenters. The number of aryl methyl sites for hydroxylation is 1. The molecule has 0 unspecified atom stereocenters. The van der Waals surface area contributed by atoms with Crippen LogP contribution in [0.3, 0.4) is 0 Å². The SMILES string of the molecule is CC#C[C@@]12O[C@@H]3C[C@]1(C[C@H]1OC4(CCCCC4)O[C@H]13)OC(=O)N2Cc1cc(C)cc(OC)c1. The Kier molecular flexibility index (Phi) is 4.75. The molecular formula is C26H31NO6. The lowest BCUT2D eigenvalue weighted by Gasteiger charge is -2.37. The van der Waals surface area contributed by atoms with Crippen molar-refractivity contribution in [2.24, 2.45) is 0 Å². The summed E-state index contributed by atoms with van der Waals surface area (Å²) in [6, 6.07) is 5.95. The zero-order chi connectivity index (χ0) is 22.8. The molecule has 33 heavy (non-hydrogen) atoms. The first-order valence-electron chi connectivity index (χ1n) is 12.0. The number of methoxy groups -OCH3 is 1. The van der Waals surface area contributed by atoms with Crippen molar-refractivity contribution in [2.75, 3.05) is 7.11 Å². The second kappa shape index (κ2) is 7.36. The Morgan fingerprint density at radius 3 is 2.58 bits per heavy atom. The van der Waals surface area contributed by atoms with Crippen LogP contribution < -0.4 is 4.74 Å². The highest BCUT2D eigenvalue weighted by atomic mass is 16.8. The highest BCUT2D eigenvalue weighted by Crippen LogP contribution is 2.60. The quantitative estimate of drug-likeness (QED) is 0.644. The first-order chi connectivity index (χ1) is 15.9. The maximum absolute atomic E-state index is 13.2. The van der Waals surface area contributed by atoms with Gasteiger partial charge in [0.1, 0.15) is 11.9 Å². The van der Waals surface area contributed by atoms with Gasteiger partial charge in [-0.15, -0.1) is 5.92 Å². The van der Waals surface area contributed by atoms with Crippen molar-refractivity contribution in [1.29, 1.82) is 0 Å². The van der Waals surface area contributed by atoms with Gasteiger partial charge in [0.25, 0.3) is 5.72 Å². The molecule has 2 spiro atoms. The maximum atomic E-state index is 13.2. The van der Waals surface area contributed by atoms with Crippen LogP contribution in [0.4, 0.5) is 4.79 Å². The molecule has 1 aromatic carbocycles. The molecule has 5 fully saturated rings. The van der Waals surface area contributed by atoms with Gasteiger partial charge in [0, 0.05) is 25.7 Å². The van der Waals surface area contributed by atoms with E-state index in [-0.39, 0.29) is 18.3 Å². The van der Waals surface area contributed by atoms with E-state index in [0.717, 1.165) is 42.6 Å². The van der Waals surface area contributed by atoms with E-state index in [1.165, 1.54) is 6.42 Å². The Morgan fingerprint density at radius 2 is 1.85 bits per heavy atom. The predicted octanol–water partition coefficient (Wildman–Crippen LogP) is 4.05. The van der Waals surface area contributed by atoms with Crippen molar-refractivity contribution >= 4 is 6.09 Å². The van der Waals surface area contributed by atoms with Gasteiger partial charge in [0.15, 0.2) is 11.4 Å². The lowest BCUT2D eigenvalue weighted by Crippen LogP contribution is -2.56. The van der Waals surface area contributed by atoms with E-state index < -0.39 is 23.2 Å². The molecular weight excluding hydrogens is 422 g/mol. The molecule has 6 rings (SSSR count). The fourth-order valence-electron chi connectivity index (χ4n) is 6.64. The molecule has 2 saturated carbocycles. The minimum atomic E-state index is -1.16. The summed E-state index contributed by atoms with van der Waals surface area (Å²) < 4.78 is 31.4.